The second-order valence-electron chi connectivity index (χ2n) is 6.99. The van der Waals surface area contributed by atoms with E-state index in [2.05, 4.69) is 5.32 Å². The summed E-state index contributed by atoms with van der Waals surface area (Å²) in [5.41, 5.74) is 8.23. The number of quaternary nitrogens is 1. The maximum atomic E-state index is 12.5. The van der Waals surface area contributed by atoms with Gasteiger partial charge in [-0.3, -0.25) is 9.59 Å². The highest BCUT2D eigenvalue weighted by atomic mass is 32.1. The van der Waals surface area contributed by atoms with Gasteiger partial charge < -0.3 is 20.7 Å². The van der Waals surface area contributed by atoms with Crippen LogP contribution in [0.2, 0.25) is 0 Å². The summed E-state index contributed by atoms with van der Waals surface area (Å²) in [6, 6.07) is 7.83. The van der Waals surface area contributed by atoms with Crippen molar-refractivity contribution in [2.75, 3.05) is 26.0 Å². The molecule has 2 amide bonds. The first-order valence-corrected chi connectivity index (χ1v) is 9.98. The third-order valence-electron chi connectivity index (χ3n) is 4.77. The number of methoxy groups -OCH3 is 1. The fraction of sp³-hybridized carbons (Fsp3) is 0.400. The Bertz CT molecular complexity index is 847. The maximum Gasteiger partial charge on any atom is 0.280 e. The standard InChI is InChI=1S/C20H25N3O3S/c1-23(11-13-6-5-7-14(10-13)26-2)12-17(24)22-20-18(19(21)25)15-8-3-4-9-16(15)27-20/h5-7,10H,3-4,8-9,11-12H2,1-2H3,(H2,21,25)(H,22,24)/p+1. The molecule has 0 saturated heterocycles. The van der Waals surface area contributed by atoms with E-state index >= 15 is 0 Å². The van der Waals surface area contributed by atoms with Gasteiger partial charge in [-0.2, -0.15) is 0 Å². The topological polar surface area (TPSA) is 85.9 Å². The van der Waals surface area contributed by atoms with Gasteiger partial charge in [0, 0.05) is 10.4 Å². The number of hydrogen-bond donors (Lipinski definition) is 3. The Labute approximate surface area is 163 Å². The Morgan fingerprint density at radius 2 is 2.07 bits per heavy atom. The molecule has 1 aromatic carbocycles. The summed E-state index contributed by atoms with van der Waals surface area (Å²) >= 11 is 1.50. The first-order chi connectivity index (χ1) is 13.0. The van der Waals surface area contributed by atoms with Crippen molar-refractivity contribution >= 4 is 28.2 Å². The number of likely N-dealkylation sites (N-methyl/N-ethyl adjacent to an activating group) is 1. The average molecular weight is 389 g/mol. The zero-order valence-electron chi connectivity index (χ0n) is 15.8. The molecule has 0 radical (unpaired) electrons. The number of benzene rings is 1. The summed E-state index contributed by atoms with van der Waals surface area (Å²) in [5.74, 6) is 0.235. The lowest BCUT2D eigenvalue weighted by Crippen LogP contribution is -3.08. The van der Waals surface area contributed by atoms with E-state index in [1.807, 2.05) is 31.3 Å². The van der Waals surface area contributed by atoms with Gasteiger partial charge in [0.2, 0.25) is 0 Å². The number of nitrogens with one attached hydrogen (secondary N) is 2. The lowest BCUT2D eigenvalue weighted by Gasteiger charge is -2.14. The summed E-state index contributed by atoms with van der Waals surface area (Å²) < 4.78 is 5.24. The van der Waals surface area contributed by atoms with E-state index in [0.717, 1.165) is 47.5 Å². The van der Waals surface area contributed by atoms with Crippen molar-refractivity contribution in [1.29, 1.82) is 0 Å². The predicted octanol–water partition coefficient (Wildman–Crippen LogP) is 1.39. The molecule has 0 bridgehead atoms. The Morgan fingerprint density at radius 1 is 1.30 bits per heavy atom. The van der Waals surface area contributed by atoms with E-state index in [-0.39, 0.29) is 5.91 Å². The molecule has 1 aliphatic carbocycles. The third kappa shape index (κ3) is 4.67. The fourth-order valence-electron chi connectivity index (χ4n) is 3.55. The Balaban J connectivity index is 1.65. The second-order valence-corrected chi connectivity index (χ2v) is 8.09. The number of primary amides is 1. The molecule has 1 aromatic heterocycles. The first kappa shape index (κ1) is 19.4. The highest BCUT2D eigenvalue weighted by Crippen LogP contribution is 2.37. The molecule has 27 heavy (non-hydrogen) atoms. The van der Waals surface area contributed by atoms with E-state index in [1.54, 1.807) is 7.11 Å². The van der Waals surface area contributed by atoms with Crippen LogP contribution in [0.3, 0.4) is 0 Å². The minimum Gasteiger partial charge on any atom is -0.497 e. The van der Waals surface area contributed by atoms with Gasteiger partial charge in [0.15, 0.2) is 6.54 Å². The molecule has 3 rings (SSSR count). The highest BCUT2D eigenvalue weighted by molar-refractivity contribution is 7.17. The number of nitrogens with two attached hydrogens (primary N) is 1. The quantitative estimate of drug-likeness (QED) is 0.670. The van der Waals surface area contributed by atoms with Crippen LogP contribution in [0.25, 0.3) is 0 Å². The second kappa shape index (κ2) is 8.54. The predicted molar refractivity (Wildman–Crippen MR) is 107 cm³/mol. The number of ether oxygens (including phenoxy) is 1. The van der Waals surface area contributed by atoms with Gasteiger partial charge in [0.1, 0.15) is 17.3 Å². The molecule has 1 heterocycles. The highest BCUT2D eigenvalue weighted by Gasteiger charge is 2.25. The molecule has 1 aliphatic rings. The van der Waals surface area contributed by atoms with Crippen LogP contribution in [0.15, 0.2) is 24.3 Å². The number of carbonyl (C=O) groups excluding carboxylic acids is 2. The van der Waals surface area contributed by atoms with Crippen LogP contribution in [0.5, 0.6) is 5.75 Å². The summed E-state index contributed by atoms with van der Waals surface area (Å²) in [5, 5.41) is 3.53. The zero-order valence-corrected chi connectivity index (χ0v) is 16.6. The molecule has 6 nitrogen and oxygen atoms in total. The Hall–Kier alpha value is -2.38. The minimum absolute atomic E-state index is 0.114. The van der Waals surface area contributed by atoms with Crippen LogP contribution in [0.4, 0.5) is 5.00 Å². The number of amides is 2. The molecule has 0 aliphatic heterocycles. The van der Waals surface area contributed by atoms with Gasteiger partial charge in [-0.25, -0.2) is 0 Å². The largest absolute Gasteiger partial charge is 0.497 e. The number of carbonyl (C=O) groups is 2. The molecule has 4 N–H and O–H groups in total. The number of anilines is 1. The molecule has 7 heteroatoms. The van der Waals surface area contributed by atoms with Crippen molar-refractivity contribution in [3.05, 3.63) is 45.8 Å². The van der Waals surface area contributed by atoms with Gasteiger partial charge in [-0.1, -0.05) is 12.1 Å². The van der Waals surface area contributed by atoms with Gasteiger partial charge >= 0.3 is 0 Å². The molecule has 1 unspecified atom stereocenters. The van der Waals surface area contributed by atoms with Crippen molar-refractivity contribution in [3.8, 4) is 5.75 Å². The van der Waals surface area contributed by atoms with Crippen LogP contribution in [0, 0.1) is 0 Å². The number of fused-ring (bicyclic) bond motifs is 1. The maximum absolute atomic E-state index is 12.5. The summed E-state index contributed by atoms with van der Waals surface area (Å²) in [6.45, 7) is 1.01. The molecular weight excluding hydrogens is 362 g/mol. The van der Waals surface area contributed by atoms with E-state index in [9.17, 15) is 9.59 Å². The minimum atomic E-state index is -0.457. The zero-order chi connectivity index (χ0) is 19.4. The van der Waals surface area contributed by atoms with Crippen molar-refractivity contribution in [1.82, 2.24) is 0 Å². The van der Waals surface area contributed by atoms with Gasteiger partial charge in [-0.05, 0) is 43.4 Å². The van der Waals surface area contributed by atoms with E-state index in [1.165, 1.54) is 16.2 Å². The van der Waals surface area contributed by atoms with Gasteiger partial charge in [0.25, 0.3) is 11.8 Å². The van der Waals surface area contributed by atoms with Crippen molar-refractivity contribution in [2.24, 2.45) is 5.73 Å². The van der Waals surface area contributed by atoms with Crippen LogP contribution in [0.1, 0.15) is 39.2 Å². The Kier molecular flexibility index (Phi) is 6.13. The molecular formula is C20H26N3O3S+. The molecule has 0 fully saturated rings. The summed E-state index contributed by atoms with van der Waals surface area (Å²) in [4.78, 5) is 26.7. The van der Waals surface area contributed by atoms with Crippen LogP contribution in [-0.4, -0.2) is 32.5 Å². The van der Waals surface area contributed by atoms with Crippen LogP contribution >= 0.6 is 11.3 Å². The molecule has 1 atom stereocenters. The summed E-state index contributed by atoms with van der Waals surface area (Å²) in [7, 11) is 3.60. The number of hydrogen-bond acceptors (Lipinski definition) is 4. The fourth-order valence-corrected chi connectivity index (χ4v) is 4.86. The van der Waals surface area contributed by atoms with E-state index < -0.39 is 5.91 Å². The van der Waals surface area contributed by atoms with Crippen molar-refractivity contribution < 1.29 is 19.2 Å². The Morgan fingerprint density at radius 3 is 2.81 bits per heavy atom. The number of thiophene rings is 1. The smallest absolute Gasteiger partial charge is 0.280 e. The van der Waals surface area contributed by atoms with Crippen LogP contribution in [-0.2, 0) is 24.2 Å². The molecule has 0 saturated carbocycles. The lowest BCUT2D eigenvalue weighted by atomic mass is 9.95. The van der Waals surface area contributed by atoms with Crippen LogP contribution < -0.4 is 20.7 Å². The van der Waals surface area contributed by atoms with E-state index in [0.29, 0.717) is 23.7 Å². The molecule has 144 valence electrons. The average Bonchev–Trinajstić information content (AvgIpc) is 2.99. The third-order valence-corrected chi connectivity index (χ3v) is 5.98. The lowest BCUT2D eigenvalue weighted by molar-refractivity contribution is -0.885. The molecule has 0 spiro atoms. The first-order valence-electron chi connectivity index (χ1n) is 9.16. The van der Waals surface area contributed by atoms with Gasteiger partial charge in [0.05, 0.1) is 19.7 Å². The summed E-state index contributed by atoms with van der Waals surface area (Å²) in [6.07, 6.45) is 4.00. The number of rotatable bonds is 7. The number of aryl methyl sites for hydroxylation is 1. The molecule has 2 aromatic rings. The van der Waals surface area contributed by atoms with E-state index in [4.69, 9.17) is 10.5 Å². The van der Waals surface area contributed by atoms with Crippen molar-refractivity contribution in [2.45, 2.75) is 32.2 Å². The monoisotopic (exact) mass is 388 g/mol. The normalized spacial score (nSPS) is 14.3. The SMILES string of the molecule is COc1cccc(C[NH+](C)CC(=O)Nc2sc3c(c2C(N)=O)CCCC3)c1. The van der Waals surface area contributed by atoms with Crippen molar-refractivity contribution in [3.63, 3.8) is 0 Å². The van der Waals surface area contributed by atoms with Gasteiger partial charge in [-0.15, -0.1) is 11.3 Å².